The Morgan fingerprint density at radius 3 is 2.69 bits per heavy atom. The largest absolute Gasteiger partial charge is 0.457 e. The van der Waals surface area contributed by atoms with E-state index in [9.17, 15) is 14.4 Å². The van der Waals surface area contributed by atoms with Crippen molar-refractivity contribution in [3.8, 4) is 5.82 Å². The maximum atomic E-state index is 12.5. The van der Waals surface area contributed by atoms with Crippen molar-refractivity contribution >= 4 is 29.0 Å². The number of aromatic nitrogens is 2. The topological polar surface area (TPSA) is 103 Å². The van der Waals surface area contributed by atoms with Crippen molar-refractivity contribution in [1.29, 1.82) is 0 Å². The summed E-state index contributed by atoms with van der Waals surface area (Å²) in [6.45, 7) is 5.22. The Labute approximate surface area is 171 Å². The molecule has 0 aliphatic heterocycles. The van der Waals surface area contributed by atoms with Crippen LogP contribution in [0, 0.1) is 20.8 Å². The maximum Gasteiger partial charge on any atom is 0.308 e. The van der Waals surface area contributed by atoms with Crippen LogP contribution in [0.15, 0.2) is 33.5 Å². The van der Waals surface area contributed by atoms with Crippen LogP contribution in [-0.2, 0) is 9.53 Å². The summed E-state index contributed by atoms with van der Waals surface area (Å²) in [5.41, 5.74) is 2.53. The molecule has 0 atom stereocenters. The van der Waals surface area contributed by atoms with Crippen molar-refractivity contribution in [1.82, 2.24) is 15.0 Å². The minimum absolute atomic E-state index is 0.0135. The zero-order valence-electron chi connectivity index (χ0n) is 16.4. The van der Waals surface area contributed by atoms with E-state index in [-0.39, 0.29) is 31.3 Å². The van der Waals surface area contributed by atoms with Crippen LogP contribution in [0.3, 0.4) is 0 Å². The molecule has 152 valence electrons. The summed E-state index contributed by atoms with van der Waals surface area (Å²) in [5, 5.41) is 10.1. The molecule has 29 heavy (non-hydrogen) atoms. The van der Waals surface area contributed by atoms with Crippen molar-refractivity contribution in [3.63, 3.8) is 0 Å². The molecular formula is C20H21N3O5S. The number of hydrogen-bond donors (Lipinski definition) is 1. The van der Waals surface area contributed by atoms with E-state index in [0.717, 1.165) is 5.69 Å². The number of thiophene rings is 1. The summed E-state index contributed by atoms with van der Waals surface area (Å²) in [4.78, 5) is 36.2. The number of amides is 1. The van der Waals surface area contributed by atoms with Crippen LogP contribution in [0.2, 0.25) is 0 Å². The van der Waals surface area contributed by atoms with Gasteiger partial charge >= 0.3 is 5.97 Å². The van der Waals surface area contributed by atoms with Gasteiger partial charge in [-0.3, -0.25) is 19.0 Å². The molecule has 8 nitrogen and oxygen atoms in total. The first-order chi connectivity index (χ1) is 13.9. The number of ketones is 1. The Morgan fingerprint density at radius 1 is 1.24 bits per heavy atom. The number of nitrogens with one attached hydrogen (secondary N) is 1. The second-order valence-electron chi connectivity index (χ2n) is 6.52. The normalized spacial score (nSPS) is 10.7. The molecule has 3 aromatic rings. The SMILES string of the molecule is Cc1cc(-n2c(C)cc(C(=O)COC(=O)CCNC(=O)c3ccsc3)c2C)no1. The van der Waals surface area contributed by atoms with Crippen molar-refractivity contribution in [2.45, 2.75) is 27.2 Å². The molecule has 0 aromatic carbocycles. The molecule has 3 aromatic heterocycles. The molecule has 0 bridgehead atoms. The smallest absolute Gasteiger partial charge is 0.308 e. The van der Waals surface area contributed by atoms with Crippen LogP contribution in [0.25, 0.3) is 5.82 Å². The number of carbonyl (C=O) groups excluding carboxylic acids is 3. The number of carbonyl (C=O) groups is 3. The molecule has 0 aliphatic rings. The van der Waals surface area contributed by atoms with Crippen LogP contribution in [0.1, 0.15) is 44.3 Å². The average Bonchev–Trinajstić information content (AvgIpc) is 3.41. The minimum Gasteiger partial charge on any atom is -0.457 e. The highest BCUT2D eigenvalue weighted by atomic mass is 32.1. The quantitative estimate of drug-likeness (QED) is 0.448. The Bertz CT molecular complexity index is 1030. The minimum atomic E-state index is -0.551. The van der Waals surface area contributed by atoms with Crippen molar-refractivity contribution in [2.24, 2.45) is 0 Å². The Morgan fingerprint density at radius 2 is 2.03 bits per heavy atom. The molecule has 0 aliphatic carbocycles. The highest BCUT2D eigenvalue weighted by Gasteiger charge is 2.19. The summed E-state index contributed by atoms with van der Waals surface area (Å²) in [6, 6.07) is 5.21. The van der Waals surface area contributed by atoms with Gasteiger partial charge in [0.15, 0.2) is 12.4 Å². The second kappa shape index (κ2) is 8.87. The van der Waals surface area contributed by atoms with Gasteiger partial charge in [0.2, 0.25) is 5.78 Å². The molecule has 0 fully saturated rings. The first-order valence-electron chi connectivity index (χ1n) is 8.98. The van der Waals surface area contributed by atoms with Gasteiger partial charge in [0.25, 0.3) is 5.91 Å². The van der Waals surface area contributed by atoms with Gasteiger partial charge in [-0.25, -0.2) is 0 Å². The number of hydrogen-bond acceptors (Lipinski definition) is 7. The predicted octanol–water partition coefficient (Wildman–Crippen LogP) is 3.00. The molecular weight excluding hydrogens is 394 g/mol. The van der Waals surface area contributed by atoms with Gasteiger partial charge in [-0.1, -0.05) is 5.16 Å². The van der Waals surface area contributed by atoms with Crippen LogP contribution < -0.4 is 5.32 Å². The number of Topliss-reactive ketones (excluding diaryl/α,β-unsaturated/α-hetero) is 1. The number of rotatable bonds is 8. The summed E-state index contributed by atoms with van der Waals surface area (Å²) >= 11 is 1.42. The van der Waals surface area contributed by atoms with Crippen molar-refractivity contribution < 1.29 is 23.6 Å². The molecule has 1 N–H and O–H groups in total. The molecule has 0 saturated carbocycles. The van der Waals surface area contributed by atoms with Gasteiger partial charge < -0.3 is 14.6 Å². The fourth-order valence-corrected chi connectivity index (χ4v) is 3.56. The second-order valence-corrected chi connectivity index (χ2v) is 7.30. The van der Waals surface area contributed by atoms with Gasteiger partial charge in [0.1, 0.15) is 5.76 Å². The molecule has 3 rings (SSSR count). The number of esters is 1. The molecule has 0 saturated heterocycles. The van der Waals surface area contributed by atoms with E-state index in [1.165, 1.54) is 11.3 Å². The lowest BCUT2D eigenvalue weighted by atomic mass is 10.1. The van der Waals surface area contributed by atoms with Crippen molar-refractivity contribution in [2.75, 3.05) is 13.2 Å². The maximum absolute atomic E-state index is 12.5. The highest BCUT2D eigenvalue weighted by Crippen LogP contribution is 2.21. The third-order valence-corrected chi connectivity index (χ3v) is 5.02. The van der Waals surface area contributed by atoms with E-state index < -0.39 is 5.97 Å². The van der Waals surface area contributed by atoms with Crippen LogP contribution in [0.5, 0.6) is 0 Å². The number of nitrogens with zero attached hydrogens (tertiary/aromatic N) is 2. The fraction of sp³-hybridized carbons (Fsp3) is 0.300. The predicted molar refractivity (Wildman–Crippen MR) is 107 cm³/mol. The lowest BCUT2D eigenvalue weighted by Crippen LogP contribution is -2.26. The zero-order valence-corrected chi connectivity index (χ0v) is 17.2. The zero-order chi connectivity index (χ0) is 21.0. The van der Waals surface area contributed by atoms with Gasteiger partial charge in [-0.05, 0) is 38.3 Å². The molecule has 1 amide bonds. The summed E-state index contributed by atoms with van der Waals surface area (Å²) in [6.07, 6.45) is -0.0135. The van der Waals surface area contributed by atoms with E-state index in [2.05, 4.69) is 10.5 Å². The molecule has 0 unspecified atom stereocenters. The average molecular weight is 415 g/mol. The van der Waals surface area contributed by atoms with Crippen LogP contribution in [-0.4, -0.2) is 40.5 Å². The van der Waals surface area contributed by atoms with E-state index in [0.29, 0.717) is 28.4 Å². The summed E-state index contributed by atoms with van der Waals surface area (Å²) in [7, 11) is 0. The van der Waals surface area contributed by atoms with E-state index >= 15 is 0 Å². The van der Waals surface area contributed by atoms with Gasteiger partial charge in [0, 0.05) is 40.5 Å². The third-order valence-electron chi connectivity index (χ3n) is 4.34. The standard InChI is InChI=1S/C20H21N3O5S/c1-12-8-16(14(3)23(12)18-9-13(2)28-22-18)17(24)10-27-19(25)4-6-21-20(26)15-5-7-29-11-15/h5,7-9,11H,4,6,10H2,1-3H3,(H,21,26). The Balaban J connectivity index is 1.51. The highest BCUT2D eigenvalue weighted by molar-refractivity contribution is 7.08. The third kappa shape index (κ3) is 4.80. The molecule has 0 spiro atoms. The number of aryl methyl sites for hydroxylation is 2. The summed E-state index contributed by atoms with van der Waals surface area (Å²) < 4.78 is 12.0. The van der Waals surface area contributed by atoms with E-state index in [1.54, 1.807) is 42.8 Å². The fourth-order valence-electron chi connectivity index (χ4n) is 2.93. The lowest BCUT2D eigenvalue weighted by molar-refractivity contribution is -0.142. The van der Waals surface area contributed by atoms with Gasteiger partial charge in [0.05, 0.1) is 6.42 Å². The number of ether oxygens (including phenoxy) is 1. The Hall–Kier alpha value is -3.20. The van der Waals surface area contributed by atoms with E-state index in [4.69, 9.17) is 9.26 Å². The molecule has 9 heteroatoms. The van der Waals surface area contributed by atoms with Crippen molar-refractivity contribution in [3.05, 3.63) is 57.2 Å². The first kappa shape index (κ1) is 20.5. The molecule has 3 heterocycles. The Kier molecular flexibility index (Phi) is 6.28. The van der Waals surface area contributed by atoms with Crippen LogP contribution >= 0.6 is 11.3 Å². The van der Waals surface area contributed by atoms with Gasteiger partial charge in [-0.2, -0.15) is 11.3 Å². The van der Waals surface area contributed by atoms with Gasteiger partial charge in [-0.15, -0.1) is 0 Å². The lowest BCUT2D eigenvalue weighted by Gasteiger charge is -2.07. The molecule has 0 radical (unpaired) electrons. The van der Waals surface area contributed by atoms with Crippen LogP contribution in [0.4, 0.5) is 0 Å². The van der Waals surface area contributed by atoms with E-state index in [1.807, 2.05) is 11.5 Å². The first-order valence-corrected chi connectivity index (χ1v) is 9.93. The monoisotopic (exact) mass is 415 g/mol. The summed E-state index contributed by atoms with van der Waals surface area (Å²) in [5.74, 6) is 0.158.